The fourth-order valence-corrected chi connectivity index (χ4v) is 4.58. The van der Waals surface area contributed by atoms with Crippen LogP contribution >= 0.6 is 0 Å². The molecule has 0 radical (unpaired) electrons. The lowest BCUT2D eigenvalue weighted by molar-refractivity contribution is -0.117. The molecular weight excluding hydrogens is 402 g/mol. The summed E-state index contributed by atoms with van der Waals surface area (Å²) in [5, 5.41) is 2.82. The van der Waals surface area contributed by atoms with Crippen LogP contribution < -0.4 is 14.5 Å². The van der Waals surface area contributed by atoms with Gasteiger partial charge in [0.2, 0.25) is 21.8 Å². The van der Waals surface area contributed by atoms with Crippen LogP contribution in [0.1, 0.15) is 31.2 Å². The molecule has 3 rings (SSSR count). The highest BCUT2D eigenvalue weighted by Gasteiger charge is 2.21. The van der Waals surface area contributed by atoms with Crippen molar-refractivity contribution in [3.63, 3.8) is 0 Å². The van der Waals surface area contributed by atoms with E-state index >= 15 is 0 Å². The number of amides is 2. The molecule has 0 aromatic heterocycles. The van der Waals surface area contributed by atoms with E-state index in [-0.39, 0.29) is 24.8 Å². The number of rotatable bonds is 8. The quantitative estimate of drug-likeness (QED) is 0.697. The van der Waals surface area contributed by atoms with Crippen molar-refractivity contribution in [1.82, 2.24) is 0 Å². The summed E-state index contributed by atoms with van der Waals surface area (Å²) in [5.74, 6) is -0.0610. The average molecular weight is 430 g/mol. The van der Waals surface area contributed by atoms with Crippen LogP contribution in [-0.2, 0) is 19.6 Å². The highest BCUT2D eigenvalue weighted by molar-refractivity contribution is 7.92. The molecular formula is C22H27N3O4S. The Balaban J connectivity index is 1.55. The number of anilines is 3. The van der Waals surface area contributed by atoms with E-state index in [2.05, 4.69) is 5.32 Å². The van der Waals surface area contributed by atoms with Crippen molar-refractivity contribution in [3.8, 4) is 0 Å². The molecule has 0 saturated carbocycles. The largest absolute Gasteiger partial charge is 0.326 e. The molecule has 0 bridgehead atoms. The van der Waals surface area contributed by atoms with E-state index in [0.29, 0.717) is 24.2 Å². The lowest BCUT2D eigenvalue weighted by Crippen LogP contribution is -2.32. The summed E-state index contributed by atoms with van der Waals surface area (Å²) < 4.78 is 25.8. The Kier molecular flexibility index (Phi) is 6.77. The number of sulfonamides is 1. The van der Waals surface area contributed by atoms with Gasteiger partial charge in [-0.1, -0.05) is 18.2 Å². The van der Waals surface area contributed by atoms with Crippen LogP contribution in [0.25, 0.3) is 0 Å². The Hall–Kier alpha value is -2.87. The van der Waals surface area contributed by atoms with Crippen LogP contribution in [0.4, 0.5) is 17.1 Å². The molecule has 1 saturated heterocycles. The molecule has 0 atom stereocenters. The molecule has 2 amide bonds. The van der Waals surface area contributed by atoms with E-state index in [1.54, 1.807) is 29.2 Å². The van der Waals surface area contributed by atoms with Gasteiger partial charge in [-0.15, -0.1) is 0 Å². The van der Waals surface area contributed by atoms with Crippen molar-refractivity contribution >= 4 is 38.9 Å². The second-order valence-corrected chi connectivity index (χ2v) is 9.38. The SMILES string of the molecule is Cc1ccccc1N(CCCC(=O)Nc1ccc(N2CCCC2=O)cc1)S(C)(=O)=O. The molecule has 2 aromatic rings. The first kappa shape index (κ1) is 21.8. The third-order valence-corrected chi connectivity index (χ3v) is 6.27. The zero-order valence-electron chi connectivity index (χ0n) is 17.3. The predicted octanol–water partition coefficient (Wildman–Crippen LogP) is 3.31. The summed E-state index contributed by atoms with van der Waals surface area (Å²) in [6, 6.07) is 14.5. The minimum Gasteiger partial charge on any atom is -0.326 e. The Bertz CT molecular complexity index is 1020. The topological polar surface area (TPSA) is 86.8 Å². The minimum atomic E-state index is -3.45. The number of aryl methyl sites for hydroxylation is 1. The number of benzene rings is 2. The van der Waals surface area contributed by atoms with Gasteiger partial charge in [-0.3, -0.25) is 13.9 Å². The molecule has 0 spiro atoms. The van der Waals surface area contributed by atoms with Gasteiger partial charge < -0.3 is 10.2 Å². The lowest BCUT2D eigenvalue weighted by Gasteiger charge is -2.24. The number of nitrogens with one attached hydrogen (secondary N) is 1. The number of nitrogens with zero attached hydrogens (tertiary/aromatic N) is 2. The van der Waals surface area contributed by atoms with E-state index in [1.165, 1.54) is 10.6 Å². The molecule has 1 aliphatic rings. The van der Waals surface area contributed by atoms with Crippen molar-refractivity contribution in [2.75, 3.05) is 33.9 Å². The van der Waals surface area contributed by atoms with Crippen LogP contribution in [0.3, 0.4) is 0 Å². The Morgan fingerprint density at radius 3 is 2.43 bits per heavy atom. The molecule has 1 N–H and O–H groups in total. The van der Waals surface area contributed by atoms with Crippen molar-refractivity contribution in [3.05, 3.63) is 54.1 Å². The van der Waals surface area contributed by atoms with Crippen molar-refractivity contribution in [2.45, 2.75) is 32.6 Å². The van der Waals surface area contributed by atoms with Gasteiger partial charge >= 0.3 is 0 Å². The Labute approximate surface area is 177 Å². The van der Waals surface area contributed by atoms with E-state index in [1.807, 2.05) is 31.2 Å². The van der Waals surface area contributed by atoms with Gasteiger partial charge in [0.05, 0.1) is 11.9 Å². The Morgan fingerprint density at radius 1 is 1.13 bits per heavy atom. The van der Waals surface area contributed by atoms with Gasteiger partial charge in [0, 0.05) is 37.3 Å². The smallest absolute Gasteiger partial charge is 0.232 e. The number of carbonyl (C=O) groups is 2. The third kappa shape index (κ3) is 5.38. The first-order chi connectivity index (χ1) is 14.3. The monoisotopic (exact) mass is 429 g/mol. The first-order valence-electron chi connectivity index (χ1n) is 9.99. The molecule has 160 valence electrons. The van der Waals surface area contributed by atoms with Gasteiger partial charge in [-0.2, -0.15) is 0 Å². The molecule has 0 aliphatic carbocycles. The summed E-state index contributed by atoms with van der Waals surface area (Å²) >= 11 is 0. The Morgan fingerprint density at radius 2 is 1.83 bits per heavy atom. The highest BCUT2D eigenvalue weighted by Crippen LogP contribution is 2.24. The van der Waals surface area contributed by atoms with Crippen molar-refractivity contribution in [2.24, 2.45) is 0 Å². The zero-order valence-corrected chi connectivity index (χ0v) is 18.1. The van der Waals surface area contributed by atoms with Crippen LogP contribution in [0, 0.1) is 6.92 Å². The maximum Gasteiger partial charge on any atom is 0.232 e. The summed E-state index contributed by atoms with van der Waals surface area (Å²) in [7, 11) is -3.45. The first-order valence-corrected chi connectivity index (χ1v) is 11.8. The molecule has 1 heterocycles. The normalized spacial score (nSPS) is 14.1. The molecule has 1 aliphatic heterocycles. The fraction of sp³-hybridized carbons (Fsp3) is 0.364. The molecule has 1 fully saturated rings. The van der Waals surface area contributed by atoms with Gasteiger partial charge in [-0.25, -0.2) is 8.42 Å². The van der Waals surface area contributed by atoms with E-state index in [4.69, 9.17) is 0 Å². The van der Waals surface area contributed by atoms with Crippen LogP contribution in [0.5, 0.6) is 0 Å². The minimum absolute atomic E-state index is 0.121. The molecule has 8 heteroatoms. The molecule has 0 unspecified atom stereocenters. The predicted molar refractivity (Wildman–Crippen MR) is 119 cm³/mol. The van der Waals surface area contributed by atoms with Crippen LogP contribution in [-0.4, -0.2) is 39.6 Å². The second kappa shape index (κ2) is 9.30. The van der Waals surface area contributed by atoms with E-state index in [9.17, 15) is 18.0 Å². The maximum absolute atomic E-state index is 12.3. The standard InChI is InChI=1S/C22H27N3O4S/c1-17-7-3-4-8-20(17)25(30(2,28)29)16-5-9-21(26)23-18-11-13-19(14-12-18)24-15-6-10-22(24)27/h3-4,7-8,11-14H,5-6,9-10,15-16H2,1-2H3,(H,23,26). The number of hydrogen-bond acceptors (Lipinski definition) is 4. The van der Waals surface area contributed by atoms with Crippen molar-refractivity contribution < 1.29 is 18.0 Å². The summed E-state index contributed by atoms with van der Waals surface area (Å²) in [6.45, 7) is 2.81. The van der Waals surface area contributed by atoms with Crippen molar-refractivity contribution in [1.29, 1.82) is 0 Å². The number of carbonyl (C=O) groups excluding carboxylic acids is 2. The number of para-hydroxylation sites is 1. The van der Waals surface area contributed by atoms with Gasteiger partial charge in [0.1, 0.15) is 0 Å². The lowest BCUT2D eigenvalue weighted by atomic mass is 10.2. The maximum atomic E-state index is 12.3. The summed E-state index contributed by atoms with van der Waals surface area (Å²) in [5.41, 5.74) is 2.98. The molecule has 30 heavy (non-hydrogen) atoms. The molecule has 7 nitrogen and oxygen atoms in total. The zero-order chi connectivity index (χ0) is 21.7. The third-order valence-electron chi connectivity index (χ3n) is 5.09. The summed E-state index contributed by atoms with van der Waals surface area (Å²) in [4.78, 5) is 25.9. The second-order valence-electron chi connectivity index (χ2n) is 7.47. The van der Waals surface area contributed by atoms with E-state index in [0.717, 1.165) is 24.2 Å². The van der Waals surface area contributed by atoms with Gasteiger partial charge in [0.15, 0.2) is 0 Å². The van der Waals surface area contributed by atoms with E-state index < -0.39 is 10.0 Å². The van der Waals surface area contributed by atoms with Crippen LogP contribution in [0.2, 0.25) is 0 Å². The average Bonchev–Trinajstić information content (AvgIpc) is 3.12. The van der Waals surface area contributed by atoms with Crippen LogP contribution in [0.15, 0.2) is 48.5 Å². The van der Waals surface area contributed by atoms with Gasteiger partial charge in [-0.05, 0) is 55.7 Å². The molecule has 2 aromatic carbocycles. The van der Waals surface area contributed by atoms with Gasteiger partial charge in [0.25, 0.3) is 0 Å². The highest BCUT2D eigenvalue weighted by atomic mass is 32.2. The number of hydrogen-bond donors (Lipinski definition) is 1. The summed E-state index contributed by atoms with van der Waals surface area (Å²) in [6.07, 6.45) is 3.21. The fourth-order valence-electron chi connectivity index (χ4n) is 3.56.